The molecule has 2 fully saturated rings. The number of nitrogens with zero attached hydrogens (tertiary/aromatic N) is 3. The monoisotopic (exact) mass is 543 g/mol. The maximum Gasteiger partial charge on any atom is 0.411 e. The Balaban J connectivity index is 1.30. The number of rotatable bonds is 7. The van der Waals surface area contributed by atoms with Gasteiger partial charge >= 0.3 is 6.09 Å². The van der Waals surface area contributed by atoms with E-state index in [1.807, 2.05) is 67.6 Å². The molecule has 0 spiro atoms. The van der Waals surface area contributed by atoms with E-state index in [4.69, 9.17) is 4.74 Å². The van der Waals surface area contributed by atoms with Gasteiger partial charge in [-0.2, -0.15) is 0 Å². The molecule has 1 aromatic heterocycles. The molecular formula is C32H37N3O5. The predicted octanol–water partition coefficient (Wildman–Crippen LogP) is 4.76. The molecule has 0 aliphatic carbocycles. The highest BCUT2D eigenvalue weighted by Gasteiger charge is 2.47. The van der Waals surface area contributed by atoms with Crippen molar-refractivity contribution in [3.63, 3.8) is 0 Å². The van der Waals surface area contributed by atoms with Crippen molar-refractivity contribution in [2.24, 2.45) is 0 Å². The van der Waals surface area contributed by atoms with E-state index >= 15 is 0 Å². The minimum absolute atomic E-state index is 0.211. The minimum Gasteiger partial charge on any atom is -0.438 e. The number of carbonyl (C=O) groups excluding carboxylic acids is 2. The molecule has 2 aliphatic heterocycles. The van der Waals surface area contributed by atoms with Crippen LogP contribution in [0.2, 0.25) is 0 Å². The lowest BCUT2D eigenvalue weighted by Gasteiger charge is -2.45. The molecule has 40 heavy (non-hydrogen) atoms. The number of hydrogen-bond acceptors (Lipinski definition) is 6. The molecule has 210 valence electrons. The maximum absolute atomic E-state index is 13.3. The molecule has 3 atom stereocenters. The summed E-state index contributed by atoms with van der Waals surface area (Å²) < 4.78 is 6.13. The van der Waals surface area contributed by atoms with Gasteiger partial charge in [0.25, 0.3) is 5.91 Å². The number of ether oxygens (including phenoxy) is 1. The molecule has 0 bridgehead atoms. The fourth-order valence-corrected chi connectivity index (χ4v) is 5.93. The number of hydrogen-bond donors (Lipinski definition) is 2. The number of likely N-dealkylation sites (N-methyl/N-ethyl adjacent to an activating group) is 1. The van der Waals surface area contributed by atoms with Crippen LogP contribution < -0.4 is 0 Å². The van der Waals surface area contributed by atoms with Crippen molar-refractivity contribution in [2.75, 3.05) is 20.1 Å². The fraction of sp³-hybridized carbons (Fsp3) is 0.406. The standard InChI is InChI=1S/C32H37N3O5/c1-22(35-19-16-31(40-29(35)37,21-30(2,3)38)26-8-6-5-7-9-26)23-10-12-24(13-11-23)25-14-15-27(33-20-25)32(39)17-18-34(4)28(32)36/h5-15,20,22,38-39H,16-19,21H2,1-4H3. The number of likely N-dealkylation sites (tertiary alicyclic amines) is 1. The van der Waals surface area contributed by atoms with E-state index in [9.17, 15) is 19.8 Å². The smallest absolute Gasteiger partial charge is 0.411 e. The molecule has 8 nitrogen and oxygen atoms in total. The summed E-state index contributed by atoms with van der Waals surface area (Å²) in [4.78, 5) is 33.4. The number of carbonyl (C=O) groups is 2. The van der Waals surface area contributed by atoms with Gasteiger partial charge in [-0.25, -0.2) is 4.79 Å². The Kier molecular flexibility index (Phi) is 7.18. The quantitative estimate of drug-likeness (QED) is 0.446. The molecule has 0 radical (unpaired) electrons. The molecule has 0 saturated carbocycles. The van der Waals surface area contributed by atoms with E-state index < -0.39 is 22.9 Å². The number of cyclic esters (lactones) is 1. The molecule has 2 N–H and O–H groups in total. The van der Waals surface area contributed by atoms with Gasteiger partial charge in [-0.15, -0.1) is 0 Å². The number of aliphatic hydroxyl groups is 2. The average Bonchev–Trinajstić information content (AvgIpc) is 3.21. The van der Waals surface area contributed by atoms with Gasteiger partial charge in [-0.1, -0.05) is 60.7 Å². The summed E-state index contributed by atoms with van der Waals surface area (Å²) in [5.41, 5.74) is 0.548. The van der Waals surface area contributed by atoms with Gasteiger partial charge in [0.15, 0.2) is 5.60 Å². The number of pyridine rings is 1. The average molecular weight is 544 g/mol. The molecule has 2 amide bonds. The van der Waals surface area contributed by atoms with Crippen LogP contribution in [0.4, 0.5) is 4.79 Å². The Morgan fingerprint density at radius 2 is 1.65 bits per heavy atom. The van der Waals surface area contributed by atoms with E-state index in [2.05, 4.69) is 4.98 Å². The first-order chi connectivity index (χ1) is 18.9. The van der Waals surface area contributed by atoms with Crippen LogP contribution in [0.3, 0.4) is 0 Å². The molecule has 3 heterocycles. The van der Waals surface area contributed by atoms with Gasteiger partial charge < -0.3 is 24.7 Å². The SMILES string of the molecule is CC(c1ccc(-c2ccc(C3(O)CCN(C)C3=O)nc2)cc1)N1CCC(CC(C)(C)O)(c2ccccc2)OC1=O. The number of aromatic nitrogens is 1. The maximum atomic E-state index is 13.3. The summed E-state index contributed by atoms with van der Waals surface area (Å²) in [5.74, 6) is -0.330. The molecule has 2 saturated heterocycles. The summed E-state index contributed by atoms with van der Waals surface area (Å²) >= 11 is 0. The highest BCUT2D eigenvalue weighted by Crippen LogP contribution is 2.42. The van der Waals surface area contributed by atoms with E-state index in [-0.39, 0.29) is 11.9 Å². The van der Waals surface area contributed by atoms with Crippen LogP contribution in [0.15, 0.2) is 72.9 Å². The van der Waals surface area contributed by atoms with Gasteiger partial charge in [0.05, 0.1) is 17.3 Å². The van der Waals surface area contributed by atoms with Crippen molar-refractivity contribution in [3.05, 3.63) is 89.7 Å². The highest BCUT2D eigenvalue weighted by atomic mass is 16.6. The van der Waals surface area contributed by atoms with Gasteiger partial charge in [-0.3, -0.25) is 9.78 Å². The van der Waals surface area contributed by atoms with Crippen molar-refractivity contribution in [1.82, 2.24) is 14.8 Å². The summed E-state index contributed by atoms with van der Waals surface area (Å²) in [6, 6.07) is 20.9. The number of amides is 2. The summed E-state index contributed by atoms with van der Waals surface area (Å²) in [6.45, 7) is 6.44. The zero-order valence-corrected chi connectivity index (χ0v) is 23.5. The zero-order valence-electron chi connectivity index (χ0n) is 23.5. The first-order valence-corrected chi connectivity index (χ1v) is 13.7. The highest BCUT2D eigenvalue weighted by molar-refractivity contribution is 5.87. The Morgan fingerprint density at radius 3 is 2.20 bits per heavy atom. The Hall–Kier alpha value is -3.75. The first kappa shape index (κ1) is 27.8. The van der Waals surface area contributed by atoms with Crippen molar-refractivity contribution < 1.29 is 24.5 Å². The van der Waals surface area contributed by atoms with Crippen LogP contribution in [-0.4, -0.2) is 62.7 Å². The van der Waals surface area contributed by atoms with E-state index in [0.717, 1.165) is 22.3 Å². The van der Waals surface area contributed by atoms with Crippen LogP contribution in [0.25, 0.3) is 11.1 Å². The van der Waals surface area contributed by atoms with Crippen molar-refractivity contribution >= 4 is 12.0 Å². The van der Waals surface area contributed by atoms with Crippen LogP contribution in [0.5, 0.6) is 0 Å². The van der Waals surface area contributed by atoms with Crippen molar-refractivity contribution in [2.45, 2.75) is 62.9 Å². The van der Waals surface area contributed by atoms with Gasteiger partial charge in [0, 0.05) is 51.2 Å². The van der Waals surface area contributed by atoms with Gasteiger partial charge in [-0.05, 0) is 43.5 Å². The summed E-state index contributed by atoms with van der Waals surface area (Å²) in [7, 11) is 1.68. The third kappa shape index (κ3) is 5.21. The molecule has 8 heteroatoms. The normalized spacial score (nSPS) is 24.2. The topological polar surface area (TPSA) is 103 Å². The second-order valence-electron chi connectivity index (χ2n) is 11.7. The fourth-order valence-electron chi connectivity index (χ4n) is 5.93. The molecular weight excluding hydrogens is 506 g/mol. The van der Waals surface area contributed by atoms with Gasteiger partial charge in [0.2, 0.25) is 0 Å². The van der Waals surface area contributed by atoms with E-state index in [1.54, 1.807) is 38.1 Å². The number of benzene rings is 2. The second kappa shape index (κ2) is 10.3. The molecule has 3 aromatic rings. The summed E-state index contributed by atoms with van der Waals surface area (Å²) in [5, 5.41) is 21.5. The van der Waals surface area contributed by atoms with Crippen LogP contribution >= 0.6 is 0 Å². The lowest BCUT2D eigenvalue weighted by molar-refractivity contribution is -0.143. The molecule has 5 rings (SSSR count). The predicted molar refractivity (Wildman–Crippen MR) is 151 cm³/mol. The first-order valence-electron chi connectivity index (χ1n) is 13.7. The van der Waals surface area contributed by atoms with Gasteiger partial charge in [0.1, 0.15) is 5.60 Å². The van der Waals surface area contributed by atoms with Crippen LogP contribution in [-0.2, 0) is 20.7 Å². The van der Waals surface area contributed by atoms with Crippen molar-refractivity contribution in [3.8, 4) is 11.1 Å². The van der Waals surface area contributed by atoms with E-state index in [0.29, 0.717) is 38.0 Å². The molecule has 2 aliphatic rings. The lowest BCUT2D eigenvalue weighted by Crippen LogP contribution is -2.51. The Bertz CT molecular complexity index is 1370. The molecule has 2 aromatic carbocycles. The van der Waals surface area contributed by atoms with Crippen LogP contribution in [0.1, 0.15) is 62.9 Å². The second-order valence-corrected chi connectivity index (χ2v) is 11.7. The van der Waals surface area contributed by atoms with E-state index in [1.165, 1.54) is 4.90 Å². The minimum atomic E-state index is -1.57. The summed E-state index contributed by atoms with van der Waals surface area (Å²) in [6.07, 6.45) is 2.47. The Morgan fingerprint density at radius 1 is 0.975 bits per heavy atom. The van der Waals surface area contributed by atoms with Crippen molar-refractivity contribution in [1.29, 1.82) is 0 Å². The lowest BCUT2D eigenvalue weighted by atomic mass is 9.80. The Labute approximate surface area is 235 Å². The molecule has 3 unspecified atom stereocenters. The largest absolute Gasteiger partial charge is 0.438 e. The van der Waals surface area contributed by atoms with Crippen LogP contribution in [0, 0.1) is 0 Å². The third-order valence-corrected chi connectivity index (χ3v) is 8.18. The zero-order chi connectivity index (χ0) is 28.7. The third-order valence-electron chi connectivity index (χ3n) is 8.18.